The molecule has 0 aliphatic rings. The van der Waals surface area contributed by atoms with Crippen LogP contribution >= 0.6 is 0 Å². The largest absolute Gasteiger partial charge is 0.386 e. The Morgan fingerprint density at radius 3 is 2.59 bits per heavy atom. The van der Waals surface area contributed by atoms with E-state index in [9.17, 15) is 4.79 Å². The van der Waals surface area contributed by atoms with E-state index >= 15 is 0 Å². The monoisotopic (exact) mass is 235 g/mol. The van der Waals surface area contributed by atoms with E-state index in [2.05, 4.69) is 10.5 Å². The van der Waals surface area contributed by atoms with Gasteiger partial charge in [-0.3, -0.25) is 4.79 Å². The first-order valence-electron chi connectivity index (χ1n) is 5.27. The van der Waals surface area contributed by atoms with E-state index in [1.165, 1.54) is 0 Å². The smallest absolute Gasteiger partial charge is 0.260 e. The third-order valence-corrected chi connectivity index (χ3v) is 2.16. The minimum absolute atomic E-state index is 0.0667. The Kier molecular flexibility index (Phi) is 5.00. The molecule has 1 amide bonds. The van der Waals surface area contributed by atoms with E-state index in [0.29, 0.717) is 0 Å². The Bertz CT molecular complexity index is 385. The van der Waals surface area contributed by atoms with Crippen LogP contribution in [0.4, 0.5) is 5.69 Å². The maximum absolute atomic E-state index is 10.8. The zero-order chi connectivity index (χ0) is 12.7. The predicted octanol–water partition coefficient (Wildman–Crippen LogP) is 0.849. The zero-order valence-corrected chi connectivity index (χ0v) is 10.3. The number of amides is 1. The van der Waals surface area contributed by atoms with Gasteiger partial charge in [0, 0.05) is 26.8 Å². The topological polar surface area (TPSA) is 53.9 Å². The molecule has 0 spiro atoms. The fraction of sp³-hybridized carbons (Fsp3) is 0.333. The van der Waals surface area contributed by atoms with E-state index in [1.807, 2.05) is 43.3 Å². The average Bonchev–Trinajstić information content (AvgIpc) is 2.34. The number of rotatable bonds is 5. The van der Waals surface area contributed by atoms with Crippen molar-refractivity contribution < 1.29 is 9.63 Å². The van der Waals surface area contributed by atoms with E-state index < -0.39 is 0 Å². The second-order valence-corrected chi connectivity index (χ2v) is 3.67. The van der Waals surface area contributed by atoms with Crippen molar-refractivity contribution in [3.63, 3.8) is 0 Å². The molecule has 17 heavy (non-hydrogen) atoms. The van der Waals surface area contributed by atoms with Crippen molar-refractivity contribution in [3.05, 3.63) is 29.8 Å². The van der Waals surface area contributed by atoms with Gasteiger partial charge in [-0.15, -0.1) is 0 Å². The Morgan fingerprint density at radius 1 is 1.41 bits per heavy atom. The first kappa shape index (κ1) is 13.0. The first-order chi connectivity index (χ1) is 8.13. The van der Waals surface area contributed by atoms with E-state index in [4.69, 9.17) is 4.84 Å². The highest BCUT2D eigenvalue weighted by Gasteiger charge is 1.96. The number of anilines is 1. The van der Waals surface area contributed by atoms with E-state index in [1.54, 1.807) is 13.3 Å². The van der Waals surface area contributed by atoms with Crippen LogP contribution in [-0.4, -0.2) is 39.9 Å². The van der Waals surface area contributed by atoms with Crippen molar-refractivity contribution in [2.45, 2.75) is 0 Å². The molecule has 5 nitrogen and oxygen atoms in total. The van der Waals surface area contributed by atoms with Crippen LogP contribution in [0.3, 0.4) is 0 Å². The lowest BCUT2D eigenvalue weighted by Crippen LogP contribution is -2.22. The van der Waals surface area contributed by atoms with Crippen LogP contribution in [0.15, 0.2) is 29.4 Å². The molecule has 0 fully saturated rings. The molecule has 0 aliphatic heterocycles. The van der Waals surface area contributed by atoms with Crippen LogP contribution in [0.25, 0.3) is 0 Å². The summed E-state index contributed by atoms with van der Waals surface area (Å²) >= 11 is 0. The highest BCUT2D eigenvalue weighted by atomic mass is 16.6. The molecular weight excluding hydrogens is 218 g/mol. The molecule has 0 bridgehead atoms. The Morgan fingerprint density at radius 2 is 2.06 bits per heavy atom. The van der Waals surface area contributed by atoms with Gasteiger partial charge in [-0.1, -0.05) is 17.3 Å². The Hall–Kier alpha value is -2.04. The molecule has 0 saturated heterocycles. The van der Waals surface area contributed by atoms with Gasteiger partial charge < -0.3 is 15.1 Å². The second-order valence-electron chi connectivity index (χ2n) is 3.67. The summed E-state index contributed by atoms with van der Waals surface area (Å²) in [6.45, 7) is -0.0667. The zero-order valence-electron chi connectivity index (χ0n) is 10.3. The van der Waals surface area contributed by atoms with Crippen molar-refractivity contribution in [1.82, 2.24) is 5.32 Å². The number of likely N-dealkylation sites (N-methyl/N-ethyl adjacent to an activating group) is 1. The second kappa shape index (κ2) is 6.52. The van der Waals surface area contributed by atoms with Crippen molar-refractivity contribution >= 4 is 17.8 Å². The summed E-state index contributed by atoms with van der Waals surface area (Å²) in [6.07, 6.45) is 1.57. The third-order valence-electron chi connectivity index (χ3n) is 2.16. The van der Waals surface area contributed by atoms with Crippen LogP contribution in [-0.2, 0) is 9.63 Å². The van der Waals surface area contributed by atoms with Crippen LogP contribution in [0, 0.1) is 0 Å². The van der Waals surface area contributed by atoms with Crippen molar-refractivity contribution in [2.75, 3.05) is 32.6 Å². The van der Waals surface area contributed by atoms with Crippen molar-refractivity contribution in [3.8, 4) is 0 Å². The van der Waals surface area contributed by atoms with Gasteiger partial charge in [-0.25, -0.2) is 0 Å². The standard InChI is InChI=1S/C12H17N3O2/c1-13-12(16)9-17-14-8-10-4-6-11(7-5-10)15(2)3/h4-8H,9H2,1-3H3,(H,13,16)/b14-8-. The molecular formula is C12H17N3O2. The molecule has 92 valence electrons. The number of carbonyl (C=O) groups excluding carboxylic acids is 1. The maximum Gasteiger partial charge on any atom is 0.260 e. The molecule has 5 heteroatoms. The van der Waals surface area contributed by atoms with Gasteiger partial charge in [0.15, 0.2) is 6.61 Å². The lowest BCUT2D eigenvalue weighted by Gasteiger charge is -2.11. The quantitative estimate of drug-likeness (QED) is 0.608. The summed E-state index contributed by atoms with van der Waals surface area (Å²) in [6, 6.07) is 7.84. The summed E-state index contributed by atoms with van der Waals surface area (Å²) in [5, 5.41) is 6.14. The Balaban J connectivity index is 2.46. The summed E-state index contributed by atoms with van der Waals surface area (Å²) < 4.78 is 0. The number of carbonyl (C=O) groups is 1. The van der Waals surface area contributed by atoms with Crippen LogP contribution in [0.1, 0.15) is 5.56 Å². The lowest BCUT2D eigenvalue weighted by atomic mass is 10.2. The summed E-state index contributed by atoms with van der Waals surface area (Å²) in [4.78, 5) is 17.7. The molecule has 1 aromatic rings. The molecule has 0 aromatic heterocycles. The molecule has 1 rings (SSSR count). The van der Waals surface area contributed by atoms with Gasteiger partial charge in [-0.2, -0.15) is 0 Å². The number of hydrogen-bond acceptors (Lipinski definition) is 4. The maximum atomic E-state index is 10.8. The van der Waals surface area contributed by atoms with Crippen LogP contribution < -0.4 is 10.2 Å². The number of nitrogens with zero attached hydrogens (tertiary/aromatic N) is 2. The normalized spacial score (nSPS) is 10.3. The summed E-state index contributed by atoms with van der Waals surface area (Å²) in [5.41, 5.74) is 2.04. The fourth-order valence-electron chi connectivity index (χ4n) is 1.12. The average molecular weight is 235 g/mol. The number of benzene rings is 1. The molecule has 0 saturated carbocycles. The van der Waals surface area contributed by atoms with Crippen molar-refractivity contribution in [2.24, 2.45) is 5.16 Å². The number of hydrogen-bond donors (Lipinski definition) is 1. The van der Waals surface area contributed by atoms with Crippen molar-refractivity contribution in [1.29, 1.82) is 0 Å². The highest BCUT2D eigenvalue weighted by molar-refractivity contribution is 5.80. The number of nitrogens with one attached hydrogen (secondary N) is 1. The first-order valence-corrected chi connectivity index (χ1v) is 5.27. The predicted molar refractivity (Wildman–Crippen MR) is 68.4 cm³/mol. The molecule has 0 radical (unpaired) electrons. The van der Waals surface area contributed by atoms with Gasteiger partial charge in [0.25, 0.3) is 5.91 Å². The molecule has 0 heterocycles. The molecule has 1 N–H and O–H groups in total. The minimum atomic E-state index is -0.204. The summed E-state index contributed by atoms with van der Waals surface area (Å²) in [7, 11) is 5.51. The number of oxime groups is 1. The van der Waals surface area contributed by atoms with E-state index in [0.717, 1.165) is 11.3 Å². The van der Waals surface area contributed by atoms with Crippen LogP contribution in [0.5, 0.6) is 0 Å². The molecule has 0 unspecified atom stereocenters. The lowest BCUT2D eigenvalue weighted by molar-refractivity contribution is -0.125. The Labute approximate surface area is 101 Å². The van der Waals surface area contributed by atoms with Gasteiger partial charge in [0.1, 0.15) is 0 Å². The SMILES string of the molecule is CNC(=O)CO/N=C\c1ccc(N(C)C)cc1. The molecule has 0 aliphatic carbocycles. The van der Waals surface area contributed by atoms with E-state index in [-0.39, 0.29) is 12.5 Å². The van der Waals surface area contributed by atoms with Crippen LogP contribution in [0.2, 0.25) is 0 Å². The highest BCUT2D eigenvalue weighted by Crippen LogP contribution is 2.10. The molecule has 1 aromatic carbocycles. The molecule has 0 atom stereocenters. The van der Waals surface area contributed by atoms with Gasteiger partial charge >= 0.3 is 0 Å². The summed E-state index contributed by atoms with van der Waals surface area (Å²) in [5.74, 6) is -0.204. The third kappa shape index (κ3) is 4.55. The van der Waals surface area contributed by atoms with Gasteiger partial charge in [0.2, 0.25) is 0 Å². The minimum Gasteiger partial charge on any atom is -0.386 e. The fourth-order valence-corrected chi connectivity index (χ4v) is 1.12. The van der Waals surface area contributed by atoms with Gasteiger partial charge in [-0.05, 0) is 17.7 Å². The van der Waals surface area contributed by atoms with Gasteiger partial charge in [0.05, 0.1) is 6.21 Å².